The molecule has 0 spiro atoms. The monoisotopic (exact) mass is 185 g/mol. The Morgan fingerprint density at radius 2 is 2.33 bits per heavy atom. The fraction of sp³-hybridized carbons (Fsp3) is 0.125. The molecule has 0 radical (unpaired) electrons. The minimum absolute atomic E-state index is 0.0357. The highest BCUT2D eigenvalue weighted by Crippen LogP contribution is 2.16. The predicted molar refractivity (Wildman–Crippen MR) is 43.2 cm³/mol. The first-order chi connectivity index (χ1) is 5.74. The lowest BCUT2D eigenvalue weighted by atomic mass is 10.2. The van der Waals surface area contributed by atoms with Crippen LogP contribution in [-0.2, 0) is 11.3 Å². The molecule has 0 aliphatic carbocycles. The van der Waals surface area contributed by atoms with Crippen LogP contribution in [0.15, 0.2) is 23.2 Å². The third-order valence-corrected chi connectivity index (χ3v) is 1.60. The number of aliphatic imine (C=N–C) groups is 1. The van der Waals surface area contributed by atoms with Gasteiger partial charge in [-0.1, -0.05) is 17.7 Å². The minimum atomic E-state index is -0.476. The van der Waals surface area contributed by atoms with E-state index < -0.39 is 5.82 Å². The molecule has 0 aliphatic heterocycles. The topological polar surface area (TPSA) is 29.4 Å². The van der Waals surface area contributed by atoms with Crippen molar-refractivity contribution in [3.8, 4) is 0 Å². The Morgan fingerprint density at radius 1 is 1.58 bits per heavy atom. The summed E-state index contributed by atoms with van der Waals surface area (Å²) in [5.41, 5.74) is 0.685. The van der Waals surface area contributed by atoms with Gasteiger partial charge < -0.3 is 0 Å². The van der Waals surface area contributed by atoms with Gasteiger partial charge in [0.2, 0.25) is 6.08 Å². The maximum atomic E-state index is 12.6. The van der Waals surface area contributed by atoms with Crippen molar-refractivity contribution < 1.29 is 9.18 Å². The average Bonchev–Trinajstić information content (AvgIpc) is 2.07. The van der Waals surface area contributed by atoms with Crippen LogP contribution in [0.5, 0.6) is 0 Å². The van der Waals surface area contributed by atoms with Crippen LogP contribution in [0.2, 0.25) is 5.02 Å². The lowest BCUT2D eigenvalue weighted by Gasteiger charge is -1.96. The van der Waals surface area contributed by atoms with E-state index in [0.29, 0.717) is 5.56 Å². The number of hydrogen-bond donors (Lipinski definition) is 0. The molecule has 0 aromatic heterocycles. The van der Waals surface area contributed by atoms with Gasteiger partial charge in [-0.2, -0.15) is 0 Å². The summed E-state index contributed by atoms with van der Waals surface area (Å²) in [4.78, 5) is 13.1. The van der Waals surface area contributed by atoms with Crippen molar-refractivity contribution in [3.05, 3.63) is 34.6 Å². The van der Waals surface area contributed by atoms with Gasteiger partial charge in [-0.3, -0.25) is 0 Å². The fourth-order valence-corrected chi connectivity index (χ4v) is 0.965. The van der Waals surface area contributed by atoms with Crippen molar-refractivity contribution in [2.24, 2.45) is 4.99 Å². The molecule has 4 heteroatoms. The number of benzene rings is 1. The third kappa shape index (κ3) is 2.16. The van der Waals surface area contributed by atoms with Gasteiger partial charge in [-0.15, -0.1) is 0 Å². The fourth-order valence-electron chi connectivity index (χ4n) is 0.762. The number of rotatable bonds is 2. The van der Waals surface area contributed by atoms with E-state index in [4.69, 9.17) is 11.6 Å². The first-order valence-electron chi connectivity index (χ1n) is 3.21. The van der Waals surface area contributed by atoms with Gasteiger partial charge in [0.1, 0.15) is 5.82 Å². The summed E-state index contributed by atoms with van der Waals surface area (Å²) in [5.74, 6) is -0.476. The second kappa shape index (κ2) is 4.00. The van der Waals surface area contributed by atoms with Crippen molar-refractivity contribution in [2.75, 3.05) is 0 Å². The second-order valence-corrected chi connectivity index (χ2v) is 2.56. The molecule has 12 heavy (non-hydrogen) atoms. The van der Waals surface area contributed by atoms with Crippen molar-refractivity contribution in [1.29, 1.82) is 0 Å². The van der Waals surface area contributed by atoms with Crippen LogP contribution in [0.25, 0.3) is 0 Å². The van der Waals surface area contributed by atoms with E-state index in [1.54, 1.807) is 0 Å². The third-order valence-electron chi connectivity index (χ3n) is 1.31. The van der Waals surface area contributed by atoms with E-state index in [2.05, 4.69) is 4.99 Å². The van der Waals surface area contributed by atoms with Crippen molar-refractivity contribution in [1.82, 2.24) is 0 Å². The average molecular weight is 186 g/mol. The molecule has 0 bridgehead atoms. The Balaban J connectivity index is 2.89. The molecule has 1 aromatic carbocycles. The van der Waals surface area contributed by atoms with Crippen LogP contribution >= 0.6 is 11.6 Å². The Labute approximate surface area is 73.7 Å². The van der Waals surface area contributed by atoms with Gasteiger partial charge in [0.25, 0.3) is 0 Å². The van der Waals surface area contributed by atoms with E-state index in [1.165, 1.54) is 24.3 Å². The number of halogens is 2. The number of carbonyl (C=O) groups excluding carboxylic acids is 1. The van der Waals surface area contributed by atoms with Crippen LogP contribution in [-0.4, -0.2) is 6.08 Å². The van der Waals surface area contributed by atoms with Gasteiger partial charge >= 0.3 is 0 Å². The maximum Gasteiger partial charge on any atom is 0.235 e. The van der Waals surface area contributed by atoms with Crippen LogP contribution in [0.3, 0.4) is 0 Å². The Morgan fingerprint density at radius 3 is 2.92 bits per heavy atom. The zero-order valence-electron chi connectivity index (χ0n) is 6.05. The summed E-state index contributed by atoms with van der Waals surface area (Å²) in [6.07, 6.45) is 1.39. The van der Waals surface area contributed by atoms with Crippen molar-refractivity contribution >= 4 is 17.7 Å². The summed E-state index contributed by atoms with van der Waals surface area (Å²) in [7, 11) is 0. The predicted octanol–water partition coefficient (Wildman–Crippen LogP) is 2.31. The molecular formula is C8H5ClFNO. The van der Waals surface area contributed by atoms with Gasteiger partial charge in [-0.25, -0.2) is 14.2 Å². The van der Waals surface area contributed by atoms with Gasteiger partial charge in [0.15, 0.2) is 0 Å². The number of nitrogens with zero attached hydrogens (tertiary/aromatic N) is 1. The summed E-state index contributed by atoms with van der Waals surface area (Å²) in [6, 6.07) is 4.18. The summed E-state index contributed by atoms with van der Waals surface area (Å²) in [5, 5.41) is 0.0357. The first-order valence-corrected chi connectivity index (χ1v) is 3.59. The summed E-state index contributed by atoms with van der Waals surface area (Å²) < 4.78 is 12.6. The van der Waals surface area contributed by atoms with Crippen LogP contribution in [0.1, 0.15) is 5.56 Å². The van der Waals surface area contributed by atoms with Gasteiger partial charge in [0.05, 0.1) is 11.6 Å². The molecule has 62 valence electrons. The van der Waals surface area contributed by atoms with Crippen LogP contribution in [0, 0.1) is 5.82 Å². The smallest absolute Gasteiger partial charge is 0.211 e. The molecule has 0 N–H and O–H groups in total. The molecule has 0 aliphatic rings. The van der Waals surface area contributed by atoms with E-state index in [-0.39, 0.29) is 11.6 Å². The van der Waals surface area contributed by atoms with Crippen molar-refractivity contribution in [2.45, 2.75) is 6.54 Å². The quantitative estimate of drug-likeness (QED) is 0.514. The van der Waals surface area contributed by atoms with Crippen LogP contribution < -0.4 is 0 Å². The summed E-state index contributed by atoms with van der Waals surface area (Å²) >= 11 is 5.48. The summed E-state index contributed by atoms with van der Waals surface area (Å²) in [6.45, 7) is 0.184. The molecule has 1 aromatic rings. The van der Waals surface area contributed by atoms with Crippen LogP contribution in [0.4, 0.5) is 4.39 Å². The molecular weight excluding hydrogens is 181 g/mol. The highest BCUT2D eigenvalue weighted by molar-refractivity contribution is 6.30. The molecule has 0 heterocycles. The van der Waals surface area contributed by atoms with Crippen molar-refractivity contribution in [3.63, 3.8) is 0 Å². The molecule has 0 saturated carbocycles. The molecule has 1 rings (SSSR count). The van der Waals surface area contributed by atoms with E-state index in [9.17, 15) is 9.18 Å². The zero-order chi connectivity index (χ0) is 8.97. The second-order valence-electron chi connectivity index (χ2n) is 2.16. The Hall–Kier alpha value is -1.18. The zero-order valence-corrected chi connectivity index (χ0v) is 6.81. The molecule has 2 nitrogen and oxygen atoms in total. The molecule has 0 atom stereocenters. The lowest BCUT2D eigenvalue weighted by Crippen LogP contribution is -1.83. The molecule has 0 saturated heterocycles. The Bertz CT molecular complexity index is 334. The molecule has 0 fully saturated rings. The number of isocyanates is 1. The molecule has 0 unspecified atom stereocenters. The largest absolute Gasteiger partial charge is 0.235 e. The highest BCUT2D eigenvalue weighted by Gasteiger charge is 1.99. The molecule has 0 amide bonds. The van der Waals surface area contributed by atoms with E-state index in [1.807, 2.05) is 0 Å². The van der Waals surface area contributed by atoms with E-state index in [0.717, 1.165) is 0 Å². The van der Waals surface area contributed by atoms with E-state index >= 15 is 0 Å². The SMILES string of the molecule is O=C=NCc1ccc(F)c(Cl)c1. The van der Waals surface area contributed by atoms with Gasteiger partial charge in [-0.05, 0) is 17.7 Å². The number of hydrogen-bond acceptors (Lipinski definition) is 2. The highest BCUT2D eigenvalue weighted by atomic mass is 35.5. The normalized spacial score (nSPS) is 9.17. The minimum Gasteiger partial charge on any atom is -0.211 e. The maximum absolute atomic E-state index is 12.6. The van der Waals surface area contributed by atoms with Gasteiger partial charge in [0, 0.05) is 0 Å². The lowest BCUT2D eigenvalue weighted by molar-refractivity contribution is 0.563. The Kier molecular flexibility index (Phi) is 2.97. The first kappa shape index (κ1) is 8.91. The standard InChI is InChI=1S/C8H5ClFNO/c9-7-3-6(4-11-5-12)1-2-8(7)10/h1-3H,4H2.